The Morgan fingerprint density at radius 2 is 1.89 bits per heavy atom. The Labute approximate surface area is 160 Å². The quantitative estimate of drug-likeness (QED) is 0.831. The van der Waals surface area contributed by atoms with Gasteiger partial charge in [0, 0.05) is 25.4 Å². The first-order valence-electron chi connectivity index (χ1n) is 9.03. The predicted octanol–water partition coefficient (Wildman–Crippen LogP) is 3.19. The van der Waals surface area contributed by atoms with Crippen molar-refractivity contribution in [3.63, 3.8) is 0 Å². The van der Waals surface area contributed by atoms with Gasteiger partial charge in [-0.05, 0) is 51.8 Å². The monoisotopic (exact) mass is 393 g/mol. The smallest absolute Gasteiger partial charge is 0.410 e. The highest BCUT2D eigenvalue weighted by molar-refractivity contribution is 7.90. The molecule has 0 aliphatic carbocycles. The first-order valence-corrected chi connectivity index (χ1v) is 10.9. The number of ether oxygens (including phenoxy) is 1. The topological polar surface area (TPSA) is 79.0 Å². The summed E-state index contributed by atoms with van der Waals surface area (Å²) in [7, 11) is -3.26. The van der Waals surface area contributed by atoms with E-state index in [4.69, 9.17) is 4.74 Å². The molecule has 0 radical (unpaired) electrons. The van der Waals surface area contributed by atoms with Crippen molar-refractivity contribution in [3.8, 4) is 0 Å². The number of benzene rings is 1. The summed E-state index contributed by atoms with van der Waals surface area (Å²) in [5.41, 5.74) is 1.16. The average Bonchev–Trinajstić information content (AvgIpc) is 2.87. The molecule has 3 rings (SSSR count). The van der Waals surface area contributed by atoms with Gasteiger partial charge in [0.25, 0.3) is 0 Å². The number of carbonyl (C=O) groups excluding carboxylic acids is 1. The molecule has 2 heterocycles. The summed E-state index contributed by atoms with van der Waals surface area (Å²) in [5, 5.41) is 3.18. The third-order valence-corrected chi connectivity index (χ3v) is 5.82. The standard InChI is InChI=1S/C19H27N3O4S/c1-13-20-16-12-15(27(5,24)25)6-7-17(16)22(13)14-8-10-21(11-9-14)18(23)26-19(2,3)4/h6-7,12,14,20H,1,8-11H2,2-5H3. The van der Waals surface area contributed by atoms with Crippen molar-refractivity contribution in [2.45, 2.75) is 50.2 Å². The maximum Gasteiger partial charge on any atom is 0.410 e. The molecule has 0 saturated carbocycles. The van der Waals surface area contributed by atoms with Crippen LogP contribution in [-0.4, -0.2) is 50.4 Å². The van der Waals surface area contributed by atoms with Crippen molar-refractivity contribution in [2.24, 2.45) is 0 Å². The molecule has 0 unspecified atom stereocenters. The van der Waals surface area contributed by atoms with E-state index in [-0.39, 0.29) is 17.0 Å². The number of fused-ring (bicyclic) bond motifs is 1. The normalized spacial score (nSPS) is 18.3. The zero-order valence-electron chi connectivity index (χ0n) is 16.3. The van der Waals surface area contributed by atoms with Crippen LogP contribution in [0.15, 0.2) is 35.5 Å². The van der Waals surface area contributed by atoms with Crippen LogP contribution in [0.3, 0.4) is 0 Å². The van der Waals surface area contributed by atoms with Crippen LogP contribution >= 0.6 is 0 Å². The minimum absolute atomic E-state index is 0.189. The Balaban J connectivity index is 1.71. The van der Waals surface area contributed by atoms with Crippen LogP contribution in [0.2, 0.25) is 0 Å². The van der Waals surface area contributed by atoms with E-state index in [1.165, 1.54) is 6.26 Å². The van der Waals surface area contributed by atoms with Crippen LogP contribution in [0, 0.1) is 0 Å². The number of nitrogens with zero attached hydrogens (tertiary/aromatic N) is 2. The number of hydrogen-bond acceptors (Lipinski definition) is 6. The Morgan fingerprint density at radius 1 is 1.26 bits per heavy atom. The van der Waals surface area contributed by atoms with Gasteiger partial charge in [-0.15, -0.1) is 0 Å². The van der Waals surface area contributed by atoms with E-state index in [9.17, 15) is 13.2 Å². The summed E-state index contributed by atoms with van der Waals surface area (Å²) >= 11 is 0. The van der Waals surface area contributed by atoms with Crippen molar-refractivity contribution in [1.29, 1.82) is 0 Å². The van der Waals surface area contributed by atoms with Crippen molar-refractivity contribution >= 4 is 27.3 Å². The van der Waals surface area contributed by atoms with Gasteiger partial charge in [0.15, 0.2) is 9.84 Å². The molecule has 2 aliphatic rings. The largest absolute Gasteiger partial charge is 0.444 e. The van der Waals surface area contributed by atoms with Gasteiger partial charge in [-0.25, -0.2) is 13.2 Å². The zero-order valence-corrected chi connectivity index (χ0v) is 17.1. The molecule has 1 amide bonds. The summed E-state index contributed by atoms with van der Waals surface area (Å²) in [4.78, 5) is 16.4. The lowest BCUT2D eigenvalue weighted by Gasteiger charge is -2.38. The molecule has 1 saturated heterocycles. The van der Waals surface area contributed by atoms with Gasteiger partial charge in [0.1, 0.15) is 11.4 Å². The van der Waals surface area contributed by atoms with Gasteiger partial charge >= 0.3 is 6.09 Å². The molecule has 1 fully saturated rings. The second kappa shape index (κ2) is 6.74. The van der Waals surface area contributed by atoms with E-state index < -0.39 is 15.4 Å². The SMILES string of the molecule is C=C1Nc2cc(S(C)(=O)=O)ccc2N1C1CCN(C(=O)OC(C)(C)C)CC1. The summed E-state index contributed by atoms with van der Waals surface area (Å²) in [5.74, 6) is 0.728. The number of nitrogens with one attached hydrogen (secondary N) is 1. The highest BCUT2D eigenvalue weighted by atomic mass is 32.2. The number of amides is 1. The Morgan fingerprint density at radius 3 is 2.44 bits per heavy atom. The van der Waals surface area contributed by atoms with E-state index in [0.29, 0.717) is 13.1 Å². The average molecular weight is 394 g/mol. The molecule has 7 nitrogen and oxygen atoms in total. The minimum Gasteiger partial charge on any atom is -0.444 e. The molecule has 2 aliphatic heterocycles. The lowest BCUT2D eigenvalue weighted by atomic mass is 10.0. The van der Waals surface area contributed by atoms with Crippen LogP contribution in [0.1, 0.15) is 33.6 Å². The third kappa shape index (κ3) is 4.21. The molecule has 8 heteroatoms. The summed E-state index contributed by atoms with van der Waals surface area (Å²) in [6.07, 6.45) is 2.49. The fraction of sp³-hybridized carbons (Fsp3) is 0.526. The van der Waals surface area contributed by atoms with E-state index in [0.717, 1.165) is 30.0 Å². The van der Waals surface area contributed by atoms with E-state index >= 15 is 0 Å². The molecular weight excluding hydrogens is 366 g/mol. The van der Waals surface area contributed by atoms with Crippen molar-refractivity contribution < 1.29 is 17.9 Å². The van der Waals surface area contributed by atoms with Crippen LogP contribution in [0.4, 0.5) is 16.2 Å². The second-order valence-electron chi connectivity index (χ2n) is 8.09. The van der Waals surface area contributed by atoms with E-state index in [2.05, 4.69) is 16.8 Å². The first-order chi connectivity index (χ1) is 12.5. The van der Waals surface area contributed by atoms with Crippen molar-refractivity contribution in [3.05, 3.63) is 30.6 Å². The maximum atomic E-state index is 12.2. The van der Waals surface area contributed by atoms with Crippen LogP contribution in [0.25, 0.3) is 0 Å². The molecule has 27 heavy (non-hydrogen) atoms. The van der Waals surface area contributed by atoms with Gasteiger partial charge in [-0.2, -0.15) is 0 Å². The Kier molecular flexibility index (Phi) is 4.88. The predicted molar refractivity (Wildman–Crippen MR) is 106 cm³/mol. The molecule has 0 aromatic heterocycles. The molecule has 0 spiro atoms. The second-order valence-corrected chi connectivity index (χ2v) is 10.1. The lowest BCUT2D eigenvalue weighted by molar-refractivity contribution is 0.0206. The fourth-order valence-electron chi connectivity index (χ4n) is 3.47. The fourth-order valence-corrected chi connectivity index (χ4v) is 4.11. The van der Waals surface area contributed by atoms with E-state index in [1.807, 2.05) is 26.8 Å². The highest BCUT2D eigenvalue weighted by Gasteiger charge is 2.34. The van der Waals surface area contributed by atoms with Crippen molar-refractivity contribution in [2.75, 3.05) is 29.6 Å². The number of hydrogen-bond donors (Lipinski definition) is 1. The zero-order chi connectivity index (χ0) is 20.0. The van der Waals surface area contributed by atoms with Crippen molar-refractivity contribution in [1.82, 2.24) is 4.90 Å². The number of anilines is 2. The molecule has 1 N–H and O–H groups in total. The lowest BCUT2D eigenvalue weighted by Crippen LogP contribution is -2.47. The number of sulfone groups is 1. The van der Waals surface area contributed by atoms with Crippen LogP contribution in [-0.2, 0) is 14.6 Å². The number of carbonyl (C=O) groups is 1. The summed E-state index contributed by atoms with van der Waals surface area (Å²) in [6.45, 7) is 10.9. The summed E-state index contributed by atoms with van der Waals surface area (Å²) < 4.78 is 29.0. The number of likely N-dealkylation sites (tertiary alicyclic amines) is 1. The molecule has 1 aromatic rings. The van der Waals surface area contributed by atoms with Gasteiger partial charge in [0.05, 0.1) is 16.3 Å². The van der Waals surface area contributed by atoms with Crippen LogP contribution in [0.5, 0.6) is 0 Å². The number of piperidine rings is 1. The third-order valence-electron chi connectivity index (χ3n) is 4.71. The molecule has 0 atom stereocenters. The van der Waals surface area contributed by atoms with Gasteiger partial charge in [-0.3, -0.25) is 0 Å². The summed E-state index contributed by atoms with van der Waals surface area (Å²) in [6, 6.07) is 5.27. The number of rotatable bonds is 2. The Hall–Kier alpha value is -2.22. The molecule has 1 aromatic carbocycles. The highest BCUT2D eigenvalue weighted by Crippen LogP contribution is 2.40. The Bertz CT molecular complexity index is 865. The van der Waals surface area contributed by atoms with E-state index in [1.54, 1.807) is 17.0 Å². The molecule has 148 valence electrons. The first kappa shape index (κ1) is 19.5. The minimum atomic E-state index is -3.26. The van der Waals surface area contributed by atoms with Gasteiger partial charge in [-0.1, -0.05) is 6.58 Å². The van der Waals surface area contributed by atoms with Gasteiger partial charge in [0.2, 0.25) is 0 Å². The van der Waals surface area contributed by atoms with Gasteiger partial charge < -0.3 is 19.9 Å². The molecular formula is C19H27N3O4S. The maximum absolute atomic E-state index is 12.2. The molecule has 0 bridgehead atoms. The van der Waals surface area contributed by atoms with Crippen LogP contribution < -0.4 is 10.2 Å².